The molecule has 2 aromatic rings. The molecule has 0 aromatic heterocycles. The normalized spacial score (nSPS) is 10.7. The Hall–Kier alpha value is -2.24. The summed E-state index contributed by atoms with van der Waals surface area (Å²) >= 11 is 0. The van der Waals surface area contributed by atoms with E-state index in [-0.39, 0.29) is 18.1 Å². The third-order valence-corrected chi connectivity index (χ3v) is 3.76. The number of aryl methyl sites for hydroxylation is 2. The molecule has 5 nitrogen and oxygen atoms in total. The fraction of sp³-hybridized carbons (Fsp3) is 0.333. The first-order chi connectivity index (χ1) is 11.1. The number of aromatic hydroxyl groups is 2. The Bertz CT molecular complexity index is 659. The van der Waals surface area contributed by atoms with Crippen LogP contribution in [0, 0.1) is 6.92 Å². The number of phenolic OH excluding ortho intramolecular Hbond substituents is 2. The maximum Gasteiger partial charge on any atom is 0.120 e. The third kappa shape index (κ3) is 4.15. The molecule has 0 saturated heterocycles. The molecule has 0 aliphatic rings. The Morgan fingerprint density at radius 2 is 1.65 bits per heavy atom. The summed E-state index contributed by atoms with van der Waals surface area (Å²) in [5.41, 5.74) is 6.42. The number of benzene rings is 2. The van der Waals surface area contributed by atoms with E-state index in [1.165, 1.54) is 0 Å². The summed E-state index contributed by atoms with van der Waals surface area (Å²) in [7, 11) is 0. The van der Waals surface area contributed by atoms with Crippen molar-refractivity contribution in [3.63, 3.8) is 0 Å². The van der Waals surface area contributed by atoms with E-state index < -0.39 is 0 Å². The second-order valence-corrected chi connectivity index (χ2v) is 5.46. The lowest BCUT2D eigenvalue weighted by Crippen LogP contribution is -2.35. The first kappa shape index (κ1) is 17.1. The van der Waals surface area contributed by atoms with Crippen LogP contribution in [-0.2, 0) is 6.42 Å². The van der Waals surface area contributed by atoms with E-state index in [1.807, 2.05) is 38.1 Å². The van der Waals surface area contributed by atoms with Crippen LogP contribution in [0.1, 0.15) is 24.5 Å². The molecule has 0 bridgehead atoms. The minimum Gasteiger partial charge on any atom is -0.508 e. The van der Waals surface area contributed by atoms with Gasteiger partial charge in [-0.2, -0.15) is 0 Å². The van der Waals surface area contributed by atoms with Gasteiger partial charge >= 0.3 is 0 Å². The van der Waals surface area contributed by atoms with Crippen molar-refractivity contribution in [3.8, 4) is 11.5 Å². The minimum atomic E-state index is 0.0972. The smallest absolute Gasteiger partial charge is 0.120 e. The molecular weight excluding hydrogens is 292 g/mol. The number of anilines is 2. The first-order valence-electron chi connectivity index (χ1n) is 7.82. The van der Waals surface area contributed by atoms with Crippen LogP contribution in [0.2, 0.25) is 0 Å². The Balaban J connectivity index is 2.36. The van der Waals surface area contributed by atoms with Crippen molar-refractivity contribution >= 4 is 11.4 Å². The third-order valence-electron chi connectivity index (χ3n) is 3.76. The van der Waals surface area contributed by atoms with Crippen molar-refractivity contribution in [2.24, 2.45) is 0 Å². The maximum absolute atomic E-state index is 10.1. The highest BCUT2D eigenvalue weighted by atomic mass is 16.3. The SMILES string of the molecule is CCc1ccc(N(NCCCO)c2ccc(C)c(O)c2)cc1O. The monoisotopic (exact) mass is 316 g/mol. The van der Waals surface area contributed by atoms with Gasteiger partial charge in [0.1, 0.15) is 11.5 Å². The molecule has 2 rings (SSSR count). The molecule has 5 heteroatoms. The average Bonchev–Trinajstić information content (AvgIpc) is 2.54. The molecule has 0 fully saturated rings. The van der Waals surface area contributed by atoms with Gasteiger partial charge in [-0.25, -0.2) is 5.43 Å². The topological polar surface area (TPSA) is 76.0 Å². The predicted molar refractivity (Wildman–Crippen MR) is 92.2 cm³/mol. The van der Waals surface area contributed by atoms with Gasteiger partial charge in [-0.1, -0.05) is 19.1 Å². The molecule has 2 aromatic carbocycles. The number of phenols is 2. The minimum absolute atomic E-state index is 0.0972. The van der Waals surface area contributed by atoms with Crippen LogP contribution in [0.4, 0.5) is 11.4 Å². The molecule has 0 amide bonds. The Morgan fingerprint density at radius 3 is 2.22 bits per heavy atom. The highest BCUT2D eigenvalue weighted by Crippen LogP contribution is 2.31. The Kier molecular flexibility index (Phi) is 5.84. The van der Waals surface area contributed by atoms with Crippen LogP contribution >= 0.6 is 0 Å². The molecule has 0 heterocycles. The van der Waals surface area contributed by atoms with Gasteiger partial charge in [0.2, 0.25) is 0 Å². The van der Waals surface area contributed by atoms with E-state index in [0.29, 0.717) is 13.0 Å². The molecule has 0 aliphatic heterocycles. The summed E-state index contributed by atoms with van der Waals surface area (Å²) in [6.07, 6.45) is 1.36. The molecule has 0 radical (unpaired) electrons. The van der Waals surface area contributed by atoms with E-state index in [1.54, 1.807) is 17.1 Å². The number of hydrazine groups is 1. The Labute approximate surface area is 136 Å². The molecule has 0 unspecified atom stereocenters. The van der Waals surface area contributed by atoms with Crippen molar-refractivity contribution in [3.05, 3.63) is 47.5 Å². The van der Waals surface area contributed by atoms with Crippen LogP contribution < -0.4 is 10.4 Å². The zero-order valence-corrected chi connectivity index (χ0v) is 13.6. The van der Waals surface area contributed by atoms with Crippen molar-refractivity contribution in [1.29, 1.82) is 0 Å². The van der Waals surface area contributed by atoms with Crippen LogP contribution in [0.25, 0.3) is 0 Å². The summed E-state index contributed by atoms with van der Waals surface area (Å²) in [6.45, 7) is 4.50. The van der Waals surface area contributed by atoms with Crippen molar-refractivity contribution in [2.45, 2.75) is 26.7 Å². The molecule has 0 aliphatic carbocycles. The quantitative estimate of drug-likeness (QED) is 0.467. The number of aliphatic hydroxyl groups excluding tert-OH is 1. The van der Waals surface area contributed by atoms with Gasteiger partial charge in [0.15, 0.2) is 0 Å². The van der Waals surface area contributed by atoms with E-state index >= 15 is 0 Å². The van der Waals surface area contributed by atoms with Gasteiger partial charge in [-0.3, -0.25) is 5.01 Å². The highest BCUT2D eigenvalue weighted by Gasteiger charge is 2.12. The van der Waals surface area contributed by atoms with Gasteiger partial charge in [0.05, 0.1) is 11.4 Å². The molecule has 124 valence electrons. The first-order valence-corrected chi connectivity index (χ1v) is 7.82. The van der Waals surface area contributed by atoms with Gasteiger partial charge in [-0.05, 0) is 43.0 Å². The summed E-state index contributed by atoms with van der Waals surface area (Å²) in [6, 6.07) is 10.9. The van der Waals surface area contributed by atoms with Crippen LogP contribution in [-0.4, -0.2) is 28.5 Å². The zero-order valence-electron chi connectivity index (χ0n) is 13.6. The lowest BCUT2D eigenvalue weighted by Gasteiger charge is -2.26. The standard InChI is InChI=1S/C18H24N2O3/c1-3-14-6-8-16(12-18(14)23)20(19-9-4-10-21)15-7-5-13(2)17(22)11-15/h5-8,11-12,19,21-23H,3-4,9-10H2,1-2H3. The van der Waals surface area contributed by atoms with E-state index in [0.717, 1.165) is 28.9 Å². The predicted octanol–water partition coefficient (Wildman–Crippen LogP) is 2.99. The number of aliphatic hydroxyl groups is 1. The van der Waals surface area contributed by atoms with Gasteiger partial charge in [0.25, 0.3) is 0 Å². The van der Waals surface area contributed by atoms with E-state index in [2.05, 4.69) is 5.43 Å². The second kappa shape index (κ2) is 7.85. The molecule has 0 spiro atoms. The van der Waals surface area contributed by atoms with Gasteiger partial charge in [-0.15, -0.1) is 0 Å². The molecule has 0 saturated carbocycles. The Morgan fingerprint density at radius 1 is 1.00 bits per heavy atom. The number of hydrogen-bond acceptors (Lipinski definition) is 5. The fourth-order valence-electron chi connectivity index (χ4n) is 2.33. The molecule has 4 N–H and O–H groups in total. The van der Waals surface area contributed by atoms with E-state index in [4.69, 9.17) is 5.11 Å². The molecule has 23 heavy (non-hydrogen) atoms. The van der Waals surface area contributed by atoms with Crippen LogP contribution in [0.5, 0.6) is 11.5 Å². The zero-order chi connectivity index (χ0) is 16.8. The van der Waals surface area contributed by atoms with Crippen LogP contribution in [0.15, 0.2) is 36.4 Å². The number of hydrogen-bond donors (Lipinski definition) is 4. The van der Waals surface area contributed by atoms with E-state index in [9.17, 15) is 10.2 Å². The second-order valence-electron chi connectivity index (χ2n) is 5.46. The maximum atomic E-state index is 10.1. The molecular formula is C18H24N2O3. The summed E-state index contributed by atoms with van der Waals surface area (Å²) in [5, 5.41) is 30.8. The fourth-order valence-corrected chi connectivity index (χ4v) is 2.33. The number of nitrogens with zero attached hydrogens (tertiary/aromatic N) is 1. The van der Waals surface area contributed by atoms with Gasteiger partial charge in [0, 0.05) is 25.3 Å². The number of rotatable bonds is 7. The number of nitrogens with one attached hydrogen (secondary N) is 1. The summed E-state index contributed by atoms with van der Waals surface area (Å²) < 4.78 is 0. The van der Waals surface area contributed by atoms with Crippen molar-refractivity contribution in [1.82, 2.24) is 5.43 Å². The van der Waals surface area contributed by atoms with Crippen molar-refractivity contribution in [2.75, 3.05) is 18.2 Å². The lowest BCUT2D eigenvalue weighted by molar-refractivity contribution is 0.286. The average molecular weight is 316 g/mol. The largest absolute Gasteiger partial charge is 0.508 e. The van der Waals surface area contributed by atoms with Crippen molar-refractivity contribution < 1.29 is 15.3 Å². The summed E-state index contributed by atoms with van der Waals surface area (Å²) in [4.78, 5) is 0. The molecule has 0 atom stereocenters. The lowest BCUT2D eigenvalue weighted by atomic mass is 10.1. The van der Waals surface area contributed by atoms with Crippen LogP contribution in [0.3, 0.4) is 0 Å². The summed E-state index contributed by atoms with van der Waals surface area (Å²) in [5.74, 6) is 0.459. The highest BCUT2D eigenvalue weighted by molar-refractivity contribution is 5.66. The van der Waals surface area contributed by atoms with Gasteiger partial charge < -0.3 is 15.3 Å².